The molecule has 0 aromatic heterocycles. The van der Waals surface area contributed by atoms with Gasteiger partial charge in [0.1, 0.15) is 0 Å². The summed E-state index contributed by atoms with van der Waals surface area (Å²) in [7, 11) is 5.08. The molecule has 0 unspecified atom stereocenters. The van der Waals surface area contributed by atoms with Gasteiger partial charge >= 0.3 is 45.7 Å². The van der Waals surface area contributed by atoms with Gasteiger partial charge in [0.05, 0.1) is 0 Å². The van der Waals surface area contributed by atoms with E-state index in [1.54, 1.807) is 0 Å². The topological polar surface area (TPSA) is 74.6 Å². The molecule has 4 nitrogen and oxygen atoms in total. The average molecular weight is 419 g/mol. The van der Waals surface area contributed by atoms with Crippen LogP contribution in [0.4, 0.5) is 0 Å². The summed E-state index contributed by atoms with van der Waals surface area (Å²) in [4.78, 5) is 0. The first-order valence-corrected chi connectivity index (χ1v) is 9.25. The van der Waals surface area contributed by atoms with Crippen LogP contribution in [0, 0.1) is 6.58 Å². The van der Waals surface area contributed by atoms with E-state index in [9.17, 15) is 0 Å². The van der Waals surface area contributed by atoms with E-state index in [0.717, 1.165) is 5.57 Å². The van der Waals surface area contributed by atoms with E-state index in [1.807, 2.05) is 13.8 Å². The van der Waals surface area contributed by atoms with Gasteiger partial charge in [-0.25, -0.2) is 0 Å². The van der Waals surface area contributed by atoms with Crippen molar-refractivity contribution in [3.05, 3.63) is 12.2 Å². The maximum absolute atomic E-state index is 8.74. The molecule has 0 heterocycles. The standard InChI is InChI=1S/C4H7.2ClH.H2O4S.Pt/c1-4(2)3;;;1-5(2,3)4;/h1H,2-3H3;2*1H;(H2,1,2,3,4);/q-1;;;;+2/p-2. The molecule has 0 aliphatic rings. The Morgan fingerprint density at radius 2 is 1.33 bits per heavy atom. The first-order chi connectivity index (χ1) is 5.15. The van der Waals surface area contributed by atoms with Crippen LogP contribution in [0.25, 0.3) is 0 Å². The van der Waals surface area contributed by atoms with E-state index in [0.29, 0.717) is 0 Å². The molecule has 0 bridgehead atoms. The predicted molar refractivity (Wildman–Crippen MR) is 45.0 cm³/mol. The number of hydrogen-bond donors (Lipinski definition) is 2. The van der Waals surface area contributed by atoms with E-state index < -0.39 is 26.9 Å². The van der Waals surface area contributed by atoms with Crippen LogP contribution >= 0.6 is 18.8 Å². The van der Waals surface area contributed by atoms with Gasteiger partial charge in [-0.15, -0.1) is 0 Å². The summed E-state index contributed by atoms with van der Waals surface area (Å²) in [6.45, 7) is 8.75. The fourth-order valence-electron chi connectivity index (χ4n) is 0. The van der Waals surface area contributed by atoms with E-state index in [1.165, 1.54) is 0 Å². The van der Waals surface area contributed by atoms with Crippen LogP contribution in [0.1, 0.15) is 13.8 Å². The van der Waals surface area contributed by atoms with E-state index >= 15 is 0 Å². The monoisotopic (exact) mass is 418 g/mol. The SMILES string of the molecule is O=S(=O)(O)O.[CH-]=C(C)C.[Cl][Pt][Cl]. The molecule has 12 heavy (non-hydrogen) atoms. The molecule has 8 heteroatoms. The van der Waals surface area contributed by atoms with Crippen LogP contribution in [0.3, 0.4) is 0 Å². The fraction of sp³-hybridized carbons (Fsp3) is 0.500. The van der Waals surface area contributed by atoms with Gasteiger partial charge in [-0.2, -0.15) is 8.42 Å². The van der Waals surface area contributed by atoms with Crippen LogP contribution in [0.2, 0.25) is 0 Å². The van der Waals surface area contributed by atoms with Crippen molar-refractivity contribution in [3.8, 4) is 0 Å². The number of halogens is 2. The molecular weight excluding hydrogens is 410 g/mol. The third-order valence-corrected chi connectivity index (χ3v) is 0. The maximum atomic E-state index is 8.74. The average Bonchev–Trinajstić information content (AvgIpc) is 1.56. The van der Waals surface area contributed by atoms with Gasteiger partial charge in [0, 0.05) is 0 Å². The first-order valence-electron chi connectivity index (χ1n) is 2.23. The van der Waals surface area contributed by atoms with Crippen molar-refractivity contribution >= 4 is 29.2 Å². The Hall–Kier alpha value is 0.878. The minimum atomic E-state index is -4.67. The summed E-state index contributed by atoms with van der Waals surface area (Å²) in [5.74, 6) is 0. The zero-order valence-electron chi connectivity index (χ0n) is 6.27. The van der Waals surface area contributed by atoms with Crippen LogP contribution in [0.15, 0.2) is 5.57 Å². The summed E-state index contributed by atoms with van der Waals surface area (Å²) < 4.78 is 31.6. The van der Waals surface area contributed by atoms with Gasteiger partial charge in [0.2, 0.25) is 0 Å². The third-order valence-electron chi connectivity index (χ3n) is 0. The van der Waals surface area contributed by atoms with Crippen LogP contribution < -0.4 is 0 Å². The Kier molecular flexibility index (Phi) is 18.4. The van der Waals surface area contributed by atoms with Crippen molar-refractivity contribution in [1.82, 2.24) is 0 Å². The molecule has 0 amide bonds. The van der Waals surface area contributed by atoms with Crippen LogP contribution in [-0.2, 0) is 26.9 Å². The number of rotatable bonds is 0. The van der Waals surface area contributed by atoms with Gasteiger partial charge in [-0.05, 0) is 0 Å². The summed E-state index contributed by atoms with van der Waals surface area (Å²) in [5.41, 5.74) is 0.917. The fourth-order valence-corrected chi connectivity index (χ4v) is 0. The van der Waals surface area contributed by atoms with E-state index in [4.69, 9.17) is 42.9 Å². The molecule has 0 aromatic rings. The van der Waals surface area contributed by atoms with Crippen molar-refractivity contribution in [3.63, 3.8) is 0 Å². The molecule has 2 N–H and O–H groups in total. The molecule has 0 spiro atoms. The molecule has 0 atom stereocenters. The Morgan fingerprint density at radius 3 is 1.33 bits per heavy atom. The summed E-state index contributed by atoms with van der Waals surface area (Å²) in [6, 6.07) is 0. The normalized spacial score (nSPS) is 8.83. The second-order valence-electron chi connectivity index (χ2n) is 1.57. The Bertz CT molecular complexity index is 179. The molecular formula is C4H9Cl2O4PtS-. The van der Waals surface area contributed by atoms with Crippen molar-refractivity contribution in [2.24, 2.45) is 0 Å². The Morgan fingerprint density at radius 1 is 1.33 bits per heavy atom. The first kappa shape index (κ1) is 18.6. The van der Waals surface area contributed by atoms with Gasteiger partial charge < -0.3 is 6.58 Å². The quantitative estimate of drug-likeness (QED) is 0.466. The summed E-state index contributed by atoms with van der Waals surface area (Å²) in [6.07, 6.45) is 0. The van der Waals surface area contributed by atoms with E-state index in [2.05, 4.69) is 0 Å². The number of hydrogen-bond acceptors (Lipinski definition) is 2. The molecule has 0 fully saturated rings. The molecule has 0 rings (SSSR count). The second kappa shape index (κ2) is 11.9. The molecule has 0 aromatic carbocycles. The molecule has 0 aliphatic carbocycles. The third kappa shape index (κ3) is 1380. The van der Waals surface area contributed by atoms with Gasteiger partial charge in [-0.1, -0.05) is 13.8 Å². The predicted octanol–water partition coefficient (Wildman–Crippen LogP) is 2.11. The summed E-state index contributed by atoms with van der Waals surface area (Å²) >= 11 is -0.472. The second-order valence-corrected chi connectivity index (χ2v) is 5.75. The number of allylic oxidation sites excluding steroid dienone is 1. The van der Waals surface area contributed by atoms with Crippen molar-refractivity contribution < 1.29 is 34.0 Å². The molecule has 0 aliphatic heterocycles. The molecule has 0 radical (unpaired) electrons. The van der Waals surface area contributed by atoms with Crippen molar-refractivity contribution in [2.75, 3.05) is 0 Å². The Balaban J connectivity index is -0.000000105. The van der Waals surface area contributed by atoms with Crippen molar-refractivity contribution in [1.29, 1.82) is 0 Å². The van der Waals surface area contributed by atoms with Gasteiger partial charge in [-0.3, -0.25) is 14.7 Å². The van der Waals surface area contributed by atoms with Crippen LogP contribution in [0.5, 0.6) is 0 Å². The molecule has 80 valence electrons. The van der Waals surface area contributed by atoms with E-state index in [-0.39, 0.29) is 0 Å². The van der Waals surface area contributed by atoms with Crippen LogP contribution in [-0.4, -0.2) is 17.5 Å². The van der Waals surface area contributed by atoms with Gasteiger partial charge in [0.25, 0.3) is 0 Å². The zero-order chi connectivity index (χ0) is 10.8. The minimum absolute atomic E-state index is 0.472. The molecule has 0 saturated carbocycles. The summed E-state index contributed by atoms with van der Waals surface area (Å²) in [5, 5.41) is 0. The zero-order valence-corrected chi connectivity index (χ0v) is 10.9. The molecule has 0 saturated heterocycles. The Labute approximate surface area is 88.9 Å². The van der Waals surface area contributed by atoms with Crippen molar-refractivity contribution in [2.45, 2.75) is 13.8 Å². The van der Waals surface area contributed by atoms with Gasteiger partial charge in [0.15, 0.2) is 0 Å².